The minimum absolute atomic E-state index is 0.0749. The molecule has 1 N–H and O–H groups in total. The van der Waals surface area contributed by atoms with E-state index in [4.69, 9.17) is 0 Å². The third-order valence-electron chi connectivity index (χ3n) is 6.22. The zero-order valence-corrected chi connectivity index (χ0v) is 21.8. The Morgan fingerprint density at radius 3 is 2.29 bits per heavy atom. The number of aromatic nitrogens is 1. The lowest BCUT2D eigenvalue weighted by atomic mass is 9.98. The molecule has 3 aromatic rings. The summed E-state index contributed by atoms with van der Waals surface area (Å²) < 4.78 is 27.0. The molecule has 0 spiro atoms. The molecule has 2 aromatic carbocycles. The van der Waals surface area contributed by atoms with Gasteiger partial charge >= 0.3 is 0 Å². The van der Waals surface area contributed by atoms with Gasteiger partial charge in [0.15, 0.2) is 0 Å². The number of pyridine rings is 1. The number of anilines is 1. The van der Waals surface area contributed by atoms with E-state index >= 15 is 0 Å². The number of carbonyl (C=O) groups is 1. The smallest absolute Gasteiger partial charge is 0.254 e. The van der Waals surface area contributed by atoms with Crippen molar-refractivity contribution in [3.63, 3.8) is 0 Å². The first-order valence-electron chi connectivity index (χ1n) is 11.7. The zero-order chi connectivity index (χ0) is 25.6. The summed E-state index contributed by atoms with van der Waals surface area (Å²) in [6.07, 6.45) is 2.54. The van der Waals surface area contributed by atoms with Crippen molar-refractivity contribution < 1.29 is 13.2 Å². The average molecular weight is 495 g/mol. The van der Waals surface area contributed by atoms with Crippen LogP contribution in [0.4, 0.5) is 5.69 Å². The summed E-state index contributed by atoms with van der Waals surface area (Å²) in [7, 11) is 0.930. The third-order valence-corrected chi connectivity index (χ3v) is 8.02. The predicted octanol–water partition coefficient (Wildman–Crippen LogP) is 4.77. The van der Waals surface area contributed by atoms with Crippen LogP contribution < -0.4 is 5.32 Å². The van der Waals surface area contributed by atoms with Gasteiger partial charge in [0.05, 0.1) is 16.6 Å². The number of amides is 1. The second-order valence-electron chi connectivity index (χ2n) is 8.91. The second-order valence-corrected chi connectivity index (χ2v) is 11.1. The molecule has 186 valence electrons. The molecule has 0 bridgehead atoms. The minimum atomic E-state index is -3.73. The molecule has 0 saturated carbocycles. The first-order valence-corrected chi connectivity index (χ1v) is 13.1. The second kappa shape index (κ2) is 11.5. The standard InChI is InChI=1S/C27H34N4O3S/c1-20(22-11-7-6-8-12-22)14-16-28-24-17-23(18-25(19-24)35(33,34)30(3)4)27(32)31(5)21(2)26-13-9-10-15-29-26/h6-13,15,17-21,28H,14,16H2,1-5H3. The van der Waals surface area contributed by atoms with Crippen molar-refractivity contribution in [3.05, 3.63) is 89.7 Å². The number of benzene rings is 2. The molecular formula is C27H34N4O3S. The van der Waals surface area contributed by atoms with Gasteiger partial charge in [0, 0.05) is 45.1 Å². The largest absolute Gasteiger partial charge is 0.385 e. The van der Waals surface area contributed by atoms with Gasteiger partial charge in [-0.3, -0.25) is 9.78 Å². The summed E-state index contributed by atoms with van der Waals surface area (Å²) in [5.74, 6) is 0.0588. The first-order chi connectivity index (χ1) is 16.6. The molecule has 1 heterocycles. The number of carbonyl (C=O) groups excluding carboxylic acids is 1. The molecule has 0 radical (unpaired) electrons. The van der Waals surface area contributed by atoms with E-state index in [0.717, 1.165) is 16.4 Å². The van der Waals surface area contributed by atoms with Gasteiger partial charge in [-0.25, -0.2) is 12.7 Å². The van der Waals surface area contributed by atoms with Gasteiger partial charge in [0.1, 0.15) is 0 Å². The van der Waals surface area contributed by atoms with E-state index in [0.29, 0.717) is 23.7 Å². The van der Waals surface area contributed by atoms with E-state index in [1.165, 1.54) is 25.7 Å². The van der Waals surface area contributed by atoms with Gasteiger partial charge in [-0.05, 0) is 55.2 Å². The summed E-state index contributed by atoms with van der Waals surface area (Å²) in [6.45, 7) is 4.69. The van der Waals surface area contributed by atoms with Gasteiger partial charge in [0.25, 0.3) is 5.91 Å². The number of nitrogens with one attached hydrogen (secondary N) is 1. The van der Waals surface area contributed by atoms with E-state index in [1.807, 2.05) is 43.3 Å². The summed E-state index contributed by atoms with van der Waals surface area (Å²) in [5, 5.41) is 3.33. The molecule has 3 rings (SSSR count). The molecule has 7 nitrogen and oxygen atoms in total. The lowest BCUT2D eigenvalue weighted by Crippen LogP contribution is -2.30. The quantitative estimate of drug-likeness (QED) is 0.439. The van der Waals surface area contributed by atoms with E-state index in [2.05, 4.69) is 29.4 Å². The van der Waals surface area contributed by atoms with Crippen LogP contribution in [0.1, 0.15) is 53.8 Å². The number of nitrogens with zero attached hydrogens (tertiary/aromatic N) is 3. The fourth-order valence-corrected chi connectivity index (χ4v) is 4.74. The third kappa shape index (κ3) is 6.46. The van der Waals surface area contributed by atoms with Crippen molar-refractivity contribution in [1.29, 1.82) is 0 Å². The summed E-state index contributed by atoms with van der Waals surface area (Å²) >= 11 is 0. The van der Waals surface area contributed by atoms with E-state index in [1.54, 1.807) is 30.3 Å². The SMILES string of the molecule is CC(CCNc1cc(C(=O)N(C)C(C)c2ccccn2)cc(S(=O)(=O)N(C)C)c1)c1ccccc1. The monoisotopic (exact) mass is 494 g/mol. The number of hydrogen-bond acceptors (Lipinski definition) is 5. The van der Waals surface area contributed by atoms with Gasteiger partial charge in [-0.15, -0.1) is 0 Å². The molecule has 1 amide bonds. The van der Waals surface area contributed by atoms with Gasteiger partial charge in [-0.1, -0.05) is 43.3 Å². The van der Waals surface area contributed by atoms with Gasteiger partial charge < -0.3 is 10.2 Å². The molecule has 0 aliphatic heterocycles. The molecule has 2 unspecified atom stereocenters. The molecule has 0 fully saturated rings. The molecule has 8 heteroatoms. The van der Waals surface area contributed by atoms with Gasteiger partial charge in [-0.2, -0.15) is 0 Å². The molecule has 0 aliphatic carbocycles. The summed E-state index contributed by atoms with van der Waals surface area (Å²) in [4.78, 5) is 19.4. The Morgan fingerprint density at radius 2 is 1.66 bits per heavy atom. The highest BCUT2D eigenvalue weighted by Crippen LogP contribution is 2.25. The lowest BCUT2D eigenvalue weighted by molar-refractivity contribution is 0.0739. The zero-order valence-electron chi connectivity index (χ0n) is 21.0. The number of hydrogen-bond donors (Lipinski definition) is 1. The maximum Gasteiger partial charge on any atom is 0.254 e. The van der Waals surface area contributed by atoms with E-state index in [9.17, 15) is 13.2 Å². The van der Waals surface area contributed by atoms with Crippen LogP contribution in [0, 0.1) is 0 Å². The van der Waals surface area contributed by atoms with Crippen molar-refractivity contribution in [2.24, 2.45) is 0 Å². The highest BCUT2D eigenvalue weighted by Gasteiger charge is 2.24. The van der Waals surface area contributed by atoms with Gasteiger partial charge in [0.2, 0.25) is 10.0 Å². The van der Waals surface area contributed by atoms with Crippen molar-refractivity contribution in [2.45, 2.75) is 37.1 Å². The average Bonchev–Trinajstić information content (AvgIpc) is 2.88. The highest BCUT2D eigenvalue weighted by molar-refractivity contribution is 7.89. The van der Waals surface area contributed by atoms with Crippen molar-refractivity contribution in [2.75, 3.05) is 33.0 Å². The Balaban J connectivity index is 1.85. The van der Waals surface area contributed by atoms with Crippen LogP contribution in [0.25, 0.3) is 0 Å². The van der Waals surface area contributed by atoms with Crippen LogP contribution in [0.5, 0.6) is 0 Å². The minimum Gasteiger partial charge on any atom is -0.385 e. The molecule has 2 atom stereocenters. The van der Waals surface area contributed by atoms with Crippen LogP contribution in [-0.2, 0) is 10.0 Å². The Bertz CT molecular complexity index is 1230. The molecule has 35 heavy (non-hydrogen) atoms. The molecule has 0 saturated heterocycles. The van der Waals surface area contributed by atoms with Crippen LogP contribution >= 0.6 is 0 Å². The Morgan fingerprint density at radius 1 is 0.971 bits per heavy atom. The molecule has 0 aliphatic rings. The predicted molar refractivity (Wildman–Crippen MR) is 140 cm³/mol. The van der Waals surface area contributed by atoms with Crippen LogP contribution in [0.3, 0.4) is 0 Å². The van der Waals surface area contributed by atoms with Crippen LogP contribution in [-0.4, -0.2) is 56.2 Å². The topological polar surface area (TPSA) is 82.6 Å². The van der Waals surface area contributed by atoms with Crippen molar-refractivity contribution >= 4 is 21.6 Å². The fraction of sp³-hybridized carbons (Fsp3) is 0.333. The number of rotatable bonds is 10. The maximum atomic E-state index is 13.4. The fourth-order valence-electron chi connectivity index (χ4n) is 3.77. The Hall–Kier alpha value is -3.23. The maximum absolute atomic E-state index is 13.4. The lowest BCUT2D eigenvalue weighted by Gasteiger charge is -2.25. The Labute approximate surface area is 208 Å². The number of sulfonamides is 1. The van der Waals surface area contributed by atoms with Crippen molar-refractivity contribution in [3.8, 4) is 0 Å². The first kappa shape index (κ1) is 26.4. The summed E-state index contributed by atoms with van der Waals surface area (Å²) in [5.41, 5.74) is 2.90. The molecular weight excluding hydrogens is 460 g/mol. The van der Waals surface area contributed by atoms with E-state index < -0.39 is 10.0 Å². The van der Waals surface area contributed by atoms with Crippen LogP contribution in [0.15, 0.2) is 77.8 Å². The van der Waals surface area contributed by atoms with Crippen molar-refractivity contribution in [1.82, 2.24) is 14.2 Å². The normalized spacial score (nSPS) is 13.3. The summed E-state index contributed by atoms with van der Waals surface area (Å²) in [6, 6.07) is 20.3. The highest BCUT2D eigenvalue weighted by atomic mass is 32.2. The van der Waals surface area contributed by atoms with Crippen LogP contribution in [0.2, 0.25) is 0 Å². The molecule has 1 aromatic heterocycles. The van der Waals surface area contributed by atoms with E-state index in [-0.39, 0.29) is 16.8 Å². The Kier molecular flexibility index (Phi) is 8.64.